The van der Waals surface area contributed by atoms with Crippen LogP contribution in [0.5, 0.6) is 0 Å². The fraction of sp³-hybridized carbons (Fsp3) is 0.238. The number of carbonyl (C=O) groups is 1. The Labute approximate surface area is 164 Å². The molecule has 0 saturated carbocycles. The average Bonchev–Trinajstić information content (AvgIpc) is 2.79. The van der Waals surface area contributed by atoms with Gasteiger partial charge in [-0.15, -0.1) is 0 Å². The zero-order valence-electron chi connectivity index (χ0n) is 15.8. The number of piperazine rings is 1. The van der Waals surface area contributed by atoms with Crippen LogP contribution in [-0.2, 0) is 0 Å². The molecule has 3 aromatic rings. The van der Waals surface area contributed by atoms with E-state index in [2.05, 4.69) is 19.9 Å². The molecule has 1 fully saturated rings. The van der Waals surface area contributed by atoms with Crippen LogP contribution in [0, 0.1) is 0 Å². The molecule has 1 aliphatic heterocycles. The van der Waals surface area contributed by atoms with Crippen LogP contribution in [0.2, 0.25) is 0 Å². The maximum atomic E-state index is 12.8. The molecule has 1 saturated heterocycles. The predicted molar refractivity (Wildman–Crippen MR) is 109 cm³/mol. The minimum atomic E-state index is -0.0328. The van der Waals surface area contributed by atoms with Crippen molar-refractivity contribution in [2.75, 3.05) is 43.0 Å². The van der Waals surface area contributed by atoms with Gasteiger partial charge in [-0.3, -0.25) is 4.79 Å². The number of para-hydroxylation sites is 1. The molecule has 0 bridgehead atoms. The molecule has 1 aliphatic rings. The number of nitrogens with zero attached hydrogens (tertiary/aromatic N) is 6. The first-order chi connectivity index (χ1) is 13.7. The van der Waals surface area contributed by atoms with Gasteiger partial charge >= 0.3 is 0 Å². The van der Waals surface area contributed by atoms with Crippen LogP contribution in [0.4, 0.5) is 17.5 Å². The van der Waals surface area contributed by atoms with Gasteiger partial charge in [0.15, 0.2) is 0 Å². The second-order valence-electron chi connectivity index (χ2n) is 6.63. The van der Waals surface area contributed by atoms with E-state index >= 15 is 0 Å². The van der Waals surface area contributed by atoms with Crippen molar-refractivity contribution in [1.29, 1.82) is 0 Å². The van der Waals surface area contributed by atoms with Crippen LogP contribution in [-0.4, -0.2) is 59.0 Å². The third-order valence-electron chi connectivity index (χ3n) is 4.87. The van der Waals surface area contributed by atoms with E-state index in [1.807, 2.05) is 65.4 Å². The topological polar surface area (TPSA) is 65.5 Å². The Hall–Kier alpha value is -3.48. The SMILES string of the molecule is CN(c1ccccc1)c1ncc(C(=O)N2CCN(c3ccccn3)CC2)cn1. The Balaban J connectivity index is 1.39. The molecule has 0 N–H and O–H groups in total. The van der Waals surface area contributed by atoms with Crippen molar-refractivity contribution in [2.45, 2.75) is 0 Å². The maximum Gasteiger partial charge on any atom is 0.257 e. The molecule has 1 aromatic carbocycles. The van der Waals surface area contributed by atoms with E-state index in [9.17, 15) is 4.79 Å². The predicted octanol–water partition coefficient (Wildman–Crippen LogP) is 2.60. The van der Waals surface area contributed by atoms with Gasteiger partial charge in [-0.1, -0.05) is 24.3 Å². The third-order valence-corrected chi connectivity index (χ3v) is 4.87. The lowest BCUT2D eigenvalue weighted by Crippen LogP contribution is -2.49. The molecular formula is C21H22N6O. The van der Waals surface area contributed by atoms with Crippen LogP contribution in [0.15, 0.2) is 67.1 Å². The summed E-state index contributed by atoms with van der Waals surface area (Å²) in [7, 11) is 1.91. The van der Waals surface area contributed by atoms with Gasteiger partial charge in [0.2, 0.25) is 5.95 Å². The van der Waals surface area contributed by atoms with E-state index in [0.29, 0.717) is 24.6 Å². The Bertz CT molecular complexity index is 909. The largest absolute Gasteiger partial charge is 0.353 e. The molecule has 0 unspecified atom stereocenters. The minimum absolute atomic E-state index is 0.0328. The highest BCUT2D eigenvalue weighted by Gasteiger charge is 2.23. The lowest BCUT2D eigenvalue weighted by atomic mass is 10.2. The van der Waals surface area contributed by atoms with Crippen molar-refractivity contribution in [3.8, 4) is 0 Å². The third kappa shape index (κ3) is 3.78. The fourth-order valence-electron chi connectivity index (χ4n) is 3.23. The van der Waals surface area contributed by atoms with Gasteiger partial charge in [-0.2, -0.15) is 0 Å². The molecule has 4 rings (SSSR count). The Kier molecular flexibility index (Phi) is 5.14. The van der Waals surface area contributed by atoms with Crippen molar-refractivity contribution in [3.05, 3.63) is 72.7 Å². The fourth-order valence-corrected chi connectivity index (χ4v) is 3.23. The first-order valence-electron chi connectivity index (χ1n) is 9.28. The highest BCUT2D eigenvalue weighted by molar-refractivity contribution is 5.94. The van der Waals surface area contributed by atoms with Gasteiger partial charge in [-0.25, -0.2) is 15.0 Å². The number of anilines is 3. The van der Waals surface area contributed by atoms with Crippen molar-refractivity contribution < 1.29 is 4.79 Å². The number of carbonyl (C=O) groups excluding carboxylic acids is 1. The molecule has 7 nitrogen and oxygen atoms in total. The molecule has 0 aliphatic carbocycles. The number of benzene rings is 1. The van der Waals surface area contributed by atoms with Crippen LogP contribution in [0.25, 0.3) is 0 Å². The van der Waals surface area contributed by atoms with E-state index < -0.39 is 0 Å². The van der Waals surface area contributed by atoms with E-state index in [0.717, 1.165) is 24.6 Å². The summed E-state index contributed by atoms with van der Waals surface area (Å²) >= 11 is 0. The number of aromatic nitrogens is 3. The van der Waals surface area contributed by atoms with Gasteiger partial charge in [0.05, 0.1) is 5.56 Å². The molecule has 7 heteroatoms. The molecule has 142 valence electrons. The van der Waals surface area contributed by atoms with Crippen LogP contribution >= 0.6 is 0 Å². The molecule has 0 atom stereocenters. The summed E-state index contributed by atoms with van der Waals surface area (Å²) in [5.41, 5.74) is 1.50. The summed E-state index contributed by atoms with van der Waals surface area (Å²) in [6.07, 6.45) is 5.00. The van der Waals surface area contributed by atoms with E-state index in [4.69, 9.17) is 0 Å². The van der Waals surface area contributed by atoms with Gasteiger partial charge in [0.1, 0.15) is 5.82 Å². The van der Waals surface area contributed by atoms with Gasteiger partial charge in [0, 0.05) is 57.5 Å². The molecule has 0 spiro atoms. The molecule has 0 radical (unpaired) electrons. The zero-order chi connectivity index (χ0) is 19.3. The quantitative estimate of drug-likeness (QED) is 0.699. The second-order valence-corrected chi connectivity index (χ2v) is 6.63. The lowest BCUT2D eigenvalue weighted by molar-refractivity contribution is 0.0745. The normalized spacial score (nSPS) is 14.0. The summed E-state index contributed by atoms with van der Waals surface area (Å²) in [4.78, 5) is 31.9. The standard InChI is InChI=1S/C21H22N6O/c1-25(18-7-3-2-4-8-18)21-23-15-17(16-24-21)20(28)27-13-11-26(12-14-27)19-9-5-6-10-22-19/h2-10,15-16H,11-14H2,1H3. The summed E-state index contributed by atoms with van der Waals surface area (Å²) < 4.78 is 0. The minimum Gasteiger partial charge on any atom is -0.353 e. The van der Waals surface area contributed by atoms with Crippen molar-refractivity contribution in [2.24, 2.45) is 0 Å². The first kappa shape index (κ1) is 17.9. The smallest absolute Gasteiger partial charge is 0.257 e. The van der Waals surface area contributed by atoms with Gasteiger partial charge in [0.25, 0.3) is 5.91 Å². The molecule has 1 amide bonds. The van der Waals surface area contributed by atoms with Crippen LogP contribution in [0.1, 0.15) is 10.4 Å². The zero-order valence-corrected chi connectivity index (χ0v) is 15.8. The summed E-state index contributed by atoms with van der Waals surface area (Å²) in [6.45, 7) is 2.83. The molecular weight excluding hydrogens is 352 g/mol. The molecule has 3 heterocycles. The van der Waals surface area contributed by atoms with E-state index in [-0.39, 0.29) is 5.91 Å². The summed E-state index contributed by atoms with van der Waals surface area (Å²) in [5, 5.41) is 0. The number of hydrogen-bond acceptors (Lipinski definition) is 6. The van der Waals surface area contributed by atoms with Crippen molar-refractivity contribution in [1.82, 2.24) is 19.9 Å². The second kappa shape index (κ2) is 8.04. The van der Waals surface area contributed by atoms with Gasteiger partial charge < -0.3 is 14.7 Å². The van der Waals surface area contributed by atoms with Crippen LogP contribution in [0.3, 0.4) is 0 Å². The van der Waals surface area contributed by atoms with E-state index in [1.54, 1.807) is 18.6 Å². The molecule has 2 aromatic heterocycles. The monoisotopic (exact) mass is 374 g/mol. The summed E-state index contributed by atoms with van der Waals surface area (Å²) in [5.74, 6) is 1.48. The molecule has 28 heavy (non-hydrogen) atoms. The summed E-state index contributed by atoms with van der Waals surface area (Å²) in [6, 6.07) is 15.8. The highest BCUT2D eigenvalue weighted by Crippen LogP contribution is 2.19. The average molecular weight is 374 g/mol. The Morgan fingerprint density at radius 3 is 2.21 bits per heavy atom. The Morgan fingerprint density at radius 1 is 0.893 bits per heavy atom. The number of hydrogen-bond donors (Lipinski definition) is 0. The number of pyridine rings is 1. The number of rotatable bonds is 4. The van der Waals surface area contributed by atoms with Crippen molar-refractivity contribution >= 4 is 23.4 Å². The lowest BCUT2D eigenvalue weighted by Gasteiger charge is -2.35. The first-order valence-corrected chi connectivity index (χ1v) is 9.28. The maximum absolute atomic E-state index is 12.8. The van der Waals surface area contributed by atoms with Crippen LogP contribution < -0.4 is 9.80 Å². The van der Waals surface area contributed by atoms with Crippen molar-refractivity contribution in [3.63, 3.8) is 0 Å². The number of amides is 1. The Morgan fingerprint density at radius 2 is 1.57 bits per heavy atom. The van der Waals surface area contributed by atoms with Gasteiger partial charge in [-0.05, 0) is 24.3 Å². The highest BCUT2D eigenvalue weighted by atomic mass is 16.2. The van der Waals surface area contributed by atoms with E-state index in [1.165, 1.54) is 0 Å².